The van der Waals surface area contributed by atoms with Gasteiger partial charge in [-0.3, -0.25) is 4.79 Å². The van der Waals surface area contributed by atoms with E-state index >= 15 is 0 Å². The summed E-state index contributed by atoms with van der Waals surface area (Å²) in [5, 5.41) is 0. The van der Waals surface area contributed by atoms with Gasteiger partial charge in [0.15, 0.2) is 0 Å². The van der Waals surface area contributed by atoms with E-state index in [-0.39, 0.29) is 18.1 Å². The summed E-state index contributed by atoms with van der Waals surface area (Å²) < 4.78 is 11.2. The number of amides is 1. The molecule has 18 heavy (non-hydrogen) atoms. The molecule has 0 radical (unpaired) electrons. The highest BCUT2D eigenvalue weighted by Gasteiger charge is 2.23. The van der Waals surface area contributed by atoms with Crippen LogP contribution in [-0.2, 0) is 14.3 Å². The molecule has 3 unspecified atom stereocenters. The number of ether oxygens (including phenoxy) is 2. The van der Waals surface area contributed by atoms with Gasteiger partial charge in [-0.15, -0.1) is 0 Å². The molecular formula is C13H26N2O3. The second-order valence-corrected chi connectivity index (χ2v) is 5.00. The molecule has 1 aliphatic heterocycles. The van der Waals surface area contributed by atoms with Crippen molar-refractivity contribution in [1.82, 2.24) is 4.90 Å². The molecule has 0 aliphatic carbocycles. The first-order chi connectivity index (χ1) is 8.56. The van der Waals surface area contributed by atoms with Crippen molar-refractivity contribution in [1.29, 1.82) is 0 Å². The molecule has 3 atom stereocenters. The van der Waals surface area contributed by atoms with E-state index in [1.165, 1.54) is 6.42 Å². The Hall–Kier alpha value is -0.650. The highest BCUT2D eigenvalue weighted by Crippen LogP contribution is 2.13. The molecule has 0 bridgehead atoms. The summed E-state index contributed by atoms with van der Waals surface area (Å²) >= 11 is 0. The molecule has 0 spiro atoms. The summed E-state index contributed by atoms with van der Waals surface area (Å²) in [6, 6.07) is 0.0366. The summed E-state index contributed by atoms with van der Waals surface area (Å²) in [6.07, 6.45) is 3.04. The number of carbonyl (C=O) groups is 1. The van der Waals surface area contributed by atoms with Gasteiger partial charge in [0.25, 0.3) is 5.91 Å². The van der Waals surface area contributed by atoms with Crippen LogP contribution in [0.3, 0.4) is 0 Å². The molecule has 0 aromatic rings. The normalized spacial score (nSPS) is 23.4. The van der Waals surface area contributed by atoms with Crippen LogP contribution in [0, 0.1) is 0 Å². The highest BCUT2D eigenvalue weighted by atomic mass is 16.5. The third-order valence-corrected chi connectivity index (χ3v) is 3.50. The third kappa shape index (κ3) is 4.55. The van der Waals surface area contributed by atoms with Crippen LogP contribution in [0.15, 0.2) is 0 Å². The molecule has 0 aromatic heterocycles. The topological polar surface area (TPSA) is 64.8 Å². The van der Waals surface area contributed by atoms with Gasteiger partial charge in [-0.05, 0) is 33.1 Å². The van der Waals surface area contributed by atoms with Crippen molar-refractivity contribution in [2.75, 3.05) is 26.8 Å². The Morgan fingerprint density at radius 3 is 2.78 bits per heavy atom. The predicted molar refractivity (Wildman–Crippen MR) is 70.3 cm³/mol. The minimum absolute atomic E-state index is 0.0243. The third-order valence-electron chi connectivity index (χ3n) is 3.50. The second kappa shape index (κ2) is 7.71. The number of nitrogens with two attached hydrogens (primary N) is 1. The number of rotatable bonds is 6. The van der Waals surface area contributed by atoms with Crippen LogP contribution < -0.4 is 5.73 Å². The van der Waals surface area contributed by atoms with Gasteiger partial charge >= 0.3 is 0 Å². The van der Waals surface area contributed by atoms with Crippen LogP contribution >= 0.6 is 0 Å². The fourth-order valence-electron chi connectivity index (χ4n) is 1.92. The highest BCUT2D eigenvalue weighted by molar-refractivity contribution is 5.80. The van der Waals surface area contributed by atoms with E-state index in [2.05, 4.69) is 0 Å². The van der Waals surface area contributed by atoms with Crippen molar-refractivity contribution in [3.8, 4) is 0 Å². The maximum Gasteiger partial charge on any atom is 0.251 e. The first kappa shape index (κ1) is 15.4. The lowest BCUT2D eigenvalue weighted by molar-refractivity contribution is -0.146. The largest absolute Gasteiger partial charge is 0.376 e. The van der Waals surface area contributed by atoms with Gasteiger partial charge in [0.05, 0.1) is 12.7 Å². The molecule has 5 heteroatoms. The van der Waals surface area contributed by atoms with E-state index in [1.807, 2.05) is 6.92 Å². The quantitative estimate of drug-likeness (QED) is 0.764. The van der Waals surface area contributed by atoms with Gasteiger partial charge in [0.2, 0.25) is 0 Å². The molecule has 1 rings (SSSR count). The van der Waals surface area contributed by atoms with E-state index in [1.54, 1.807) is 18.9 Å². The van der Waals surface area contributed by atoms with E-state index < -0.39 is 6.10 Å². The first-order valence-electron chi connectivity index (χ1n) is 6.76. The summed E-state index contributed by atoms with van der Waals surface area (Å²) in [7, 11) is 1.76. The lowest BCUT2D eigenvalue weighted by Gasteiger charge is -2.28. The minimum Gasteiger partial charge on any atom is -0.376 e. The summed E-state index contributed by atoms with van der Waals surface area (Å²) in [5.74, 6) is -0.0243. The number of carbonyl (C=O) groups excluding carboxylic acids is 1. The van der Waals surface area contributed by atoms with Gasteiger partial charge in [-0.2, -0.15) is 0 Å². The zero-order chi connectivity index (χ0) is 13.5. The first-order valence-corrected chi connectivity index (χ1v) is 6.76. The van der Waals surface area contributed by atoms with Crippen molar-refractivity contribution in [2.45, 2.75) is 51.4 Å². The standard InChI is InChI=1S/C13H26N2O3/c1-10(8-14)15(3)13(16)11(2)18-9-12-6-4-5-7-17-12/h10-12H,4-9,14H2,1-3H3. The smallest absolute Gasteiger partial charge is 0.251 e. The van der Waals surface area contributed by atoms with E-state index in [4.69, 9.17) is 15.2 Å². The molecule has 1 heterocycles. The molecular weight excluding hydrogens is 232 g/mol. The van der Waals surface area contributed by atoms with Crippen LogP contribution in [0.2, 0.25) is 0 Å². The van der Waals surface area contributed by atoms with Crippen LogP contribution in [0.4, 0.5) is 0 Å². The fraction of sp³-hybridized carbons (Fsp3) is 0.923. The van der Waals surface area contributed by atoms with Gasteiger partial charge in [0, 0.05) is 26.2 Å². The Labute approximate surface area is 110 Å². The Bertz CT molecular complexity index is 255. The fourth-order valence-corrected chi connectivity index (χ4v) is 1.92. The molecule has 106 valence electrons. The van der Waals surface area contributed by atoms with Gasteiger partial charge < -0.3 is 20.1 Å². The predicted octanol–water partition coefficient (Wildman–Crippen LogP) is 0.766. The lowest BCUT2D eigenvalue weighted by Crippen LogP contribution is -2.45. The minimum atomic E-state index is -0.436. The number of nitrogens with zero attached hydrogens (tertiary/aromatic N) is 1. The Kier molecular flexibility index (Phi) is 6.60. The number of hydrogen-bond donors (Lipinski definition) is 1. The molecule has 0 aromatic carbocycles. The number of likely N-dealkylation sites (N-methyl/N-ethyl adjacent to an activating group) is 1. The summed E-state index contributed by atoms with van der Waals surface area (Å²) in [4.78, 5) is 13.7. The van der Waals surface area contributed by atoms with Crippen LogP contribution in [0.5, 0.6) is 0 Å². The van der Waals surface area contributed by atoms with E-state index in [9.17, 15) is 4.79 Å². The molecule has 2 N–H and O–H groups in total. The molecule has 1 fully saturated rings. The average Bonchev–Trinajstić information content (AvgIpc) is 2.43. The Morgan fingerprint density at radius 2 is 2.22 bits per heavy atom. The van der Waals surface area contributed by atoms with Crippen molar-refractivity contribution < 1.29 is 14.3 Å². The lowest BCUT2D eigenvalue weighted by atomic mass is 10.1. The van der Waals surface area contributed by atoms with Crippen molar-refractivity contribution >= 4 is 5.91 Å². The maximum absolute atomic E-state index is 12.0. The SMILES string of the molecule is CC(OCC1CCCCO1)C(=O)N(C)C(C)CN. The Morgan fingerprint density at radius 1 is 1.50 bits per heavy atom. The van der Waals surface area contributed by atoms with Gasteiger partial charge in [-0.25, -0.2) is 0 Å². The van der Waals surface area contributed by atoms with Crippen molar-refractivity contribution in [3.63, 3.8) is 0 Å². The van der Waals surface area contributed by atoms with Crippen LogP contribution in [0.25, 0.3) is 0 Å². The zero-order valence-corrected chi connectivity index (χ0v) is 11.7. The Balaban J connectivity index is 2.30. The van der Waals surface area contributed by atoms with Crippen LogP contribution in [-0.4, -0.2) is 55.9 Å². The molecule has 1 saturated heterocycles. The summed E-state index contributed by atoms with van der Waals surface area (Å²) in [5.41, 5.74) is 5.55. The average molecular weight is 258 g/mol. The summed E-state index contributed by atoms with van der Waals surface area (Å²) in [6.45, 7) is 5.47. The number of hydrogen-bond acceptors (Lipinski definition) is 4. The molecule has 0 saturated carbocycles. The molecule has 1 amide bonds. The van der Waals surface area contributed by atoms with Gasteiger partial charge in [-0.1, -0.05) is 0 Å². The van der Waals surface area contributed by atoms with E-state index in [0.717, 1.165) is 19.4 Å². The van der Waals surface area contributed by atoms with Gasteiger partial charge in [0.1, 0.15) is 6.10 Å². The second-order valence-electron chi connectivity index (χ2n) is 5.00. The van der Waals surface area contributed by atoms with Crippen molar-refractivity contribution in [3.05, 3.63) is 0 Å². The maximum atomic E-state index is 12.0. The monoisotopic (exact) mass is 258 g/mol. The molecule has 1 aliphatic rings. The molecule has 5 nitrogen and oxygen atoms in total. The van der Waals surface area contributed by atoms with E-state index in [0.29, 0.717) is 13.2 Å². The van der Waals surface area contributed by atoms with Crippen LogP contribution in [0.1, 0.15) is 33.1 Å². The van der Waals surface area contributed by atoms with Crippen molar-refractivity contribution in [2.24, 2.45) is 5.73 Å². The zero-order valence-electron chi connectivity index (χ0n) is 11.7.